The molecule has 0 aliphatic carbocycles. The molecule has 1 aromatic rings. The summed E-state index contributed by atoms with van der Waals surface area (Å²) < 4.78 is 25.9. The summed E-state index contributed by atoms with van der Waals surface area (Å²) >= 11 is 0. The van der Waals surface area contributed by atoms with Gasteiger partial charge in [-0.3, -0.25) is 0 Å². The molecule has 2 atom stereocenters. The van der Waals surface area contributed by atoms with E-state index >= 15 is 0 Å². The predicted molar refractivity (Wildman–Crippen MR) is 68.0 cm³/mol. The van der Waals surface area contributed by atoms with Gasteiger partial charge in [-0.25, -0.2) is 13.2 Å². The van der Waals surface area contributed by atoms with E-state index in [2.05, 4.69) is 4.98 Å². The summed E-state index contributed by atoms with van der Waals surface area (Å²) in [5, 5.41) is 27.9. The van der Waals surface area contributed by atoms with Crippen LogP contribution >= 0.6 is 0 Å². The van der Waals surface area contributed by atoms with Crippen molar-refractivity contribution < 1.29 is 28.5 Å². The largest absolute Gasteiger partial charge is 0.477 e. The number of nitrogens with one attached hydrogen (secondary N) is 1. The average Bonchev–Trinajstić information content (AvgIpc) is 2.81. The smallest absolute Gasteiger partial charge is 0.352 e. The highest BCUT2D eigenvalue weighted by molar-refractivity contribution is 7.89. The Labute approximate surface area is 115 Å². The van der Waals surface area contributed by atoms with Gasteiger partial charge < -0.3 is 20.3 Å². The summed E-state index contributed by atoms with van der Waals surface area (Å²) in [6.07, 6.45) is -2.27. The van der Waals surface area contributed by atoms with Gasteiger partial charge in [0.15, 0.2) is 0 Å². The number of sulfonamides is 1. The van der Waals surface area contributed by atoms with Gasteiger partial charge >= 0.3 is 5.97 Å². The lowest BCUT2D eigenvalue weighted by molar-refractivity contribution is 0.0572. The van der Waals surface area contributed by atoms with Gasteiger partial charge in [0.1, 0.15) is 10.6 Å². The number of rotatable bonds is 3. The third-order valence-electron chi connectivity index (χ3n) is 3.41. The van der Waals surface area contributed by atoms with E-state index < -0.39 is 28.2 Å². The molecule has 4 N–H and O–H groups in total. The average molecular weight is 304 g/mol. The fourth-order valence-electron chi connectivity index (χ4n) is 2.39. The molecule has 0 aromatic carbocycles. The molecule has 1 aromatic heterocycles. The molecule has 8 nitrogen and oxygen atoms in total. The number of carboxylic acids is 1. The lowest BCUT2D eigenvalue weighted by Gasteiger charge is -2.16. The Kier molecular flexibility index (Phi) is 3.63. The van der Waals surface area contributed by atoms with Crippen molar-refractivity contribution in [3.8, 4) is 0 Å². The summed E-state index contributed by atoms with van der Waals surface area (Å²) in [5.41, 5.74) is 0.156. The number of nitrogens with zero attached hydrogens (tertiary/aromatic N) is 1. The lowest BCUT2D eigenvalue weighted by Crippen LogP contribution is -2.30. The molecule has 1 aliphatic rings. The first-order valence-electron chi connectivity index (χ1n) is 5.95. The number of H-pyrrole nitrogens is 1. The van der Waals surface area contributed by atoms with Crippen molar-refractivity contribution in [2.24, 2.45) is 0 Å². The number of aromatic carboxylic acids is 1. The number of β-amino-alcohol motifs (C(OH)–C–C–N with tert-alkyl or cyclic N) is 2. The van der Waals surface area contributed by atoms with E-state index in [1.807, 2.05) is 0 Å². The van der Waals surface area contributed by atoms with Crippen LogP contribution < -0.4 is 0 Å². The number of hydrogen-bond acceptors (Lipinski definition) is 5. The maximum absolute atomic E-state index is 12.5. The van der Waals surface area contributed by atoms with Crippen LogP contribution in [0.3, 0.4) is 0 Å². The van der Waals surface area contributed by atoms with Gasteiger partial charge in [-0.1, -0.05) is 0 Å². The minimum Gasteiger partial charge on any atom is -0.477 e. The van der Waals surface area contributed by atoms with E-state index in [0.29, 0.717) is 0 Å². The molecule has 1 fully saturated rings. The first-order valence-corrected chi connectivity index (χ1v) is 7.39. The molecule has 0 radical (unpaired) electrons. The van der Waals surface area contributed by atoms with E-state index in [4.69, 9.17) is 5.11 Å². The molecular formula is C11H16N2O6S. The van der Waals surface area contributed by atoms with Gasteiger partial charge in [-0.05, 0) is 13.8 Å². The van der Waals surface area contributed by atoms with Crippen molar-refractivity contribution in [1.29, 1.82) is 0 Å². The van der Waals surface area contributed by atoms with Gasteiger partial charge in [-0.2, -0.15) is 4.31 Å². The van der Waals surface area contributed by atoms with Crippen LogP contribution in [-0.4, -0.2) is 64.3 Å². The molecule has 2 rings (SSSR count). The summed E-state index contributed by atoms with van der Waals surface area (Å²) in [6, 6.07) is 0. The standard InChI is InChI=1S/C11H16N2O6S/c1-5-9(11(16)17)12-6(2)10(5)20(18,19)13-3-7(14)8(15)4-13/h7-8,12,14-15H,3-4H2,1-2H3,(H,16,17). The Hall–Kier alpha value is -1.42. The molecule has 1 saturated heterocycles. The van der Waals surface area contributed by atoms with Crippen LogP contribution in [0.15, 0.2) is 4.90 Å². The maximum atomic E-state index is 12.5. The second-order valence-corrected chi connectivity index (χ2v) is 6.72. The Morgan fingerprint density at radius 3 is 2.15 bits per heavy atom. The molecule has 112 valence electrons. The quantitative estimate of drug-likeness (QED) is 0.570. The normalized spacial score (nSPS) is 24.2. The first-order chi connectivity index (χ1) is 9.16. The fourth-order valence-corrected chi connectivity index (χ4v) is 4.28. The minimum atomic E-state index is -3.96. The van der Waals surface area contributed by atoms with E-state index in [-0.39, 0.29) is 34.9 Å². The Morgan fingerprint density at radius 2 is 1.75 bits per heavy atom. The van der Waals surface area contributed by atoms with Crippen LogP contribution in [0.5, 0.6) is 0 Å². The molecule has 0 spiro atoms. The molecule has 0 saturated carbocycles. The summed E-state index contributed by atoms with van der Waals surface area (Å²) in [5.74, 6) is -1.24. The number of carboxylic acid groups (broad SMARTS) is 1. The van der Waals surface area contributed by atoms with Gasteiger partial charge in [0.2, 0.25) is 10.0 Å². The SMILES string of the molecule is Cc1[nH]c(C(=O)O)c(C)c1S(=O)(=O)N1CC(O)C(O)C1. The third kappa shape index (κ3) is 2.22. The topological polar surface area (TPSA) is 131 Å². The molecule has 0 bridgehead atoms. The molecule has 9 heteroatoms. The van der Waals surface area contributed by atoms with Gasteiger partial charge in [0.05, 0.1) is 12.2 Å². The lowest BCUT2D eigenvalue weighted by atomic mass is 10.2. The zero-order valence-corrected chi connectivity index (χ0v) is 11.8. The molecule has 2 unspecified atom stereocenters. The van der Waals surface area contributed by atoms with E-state index in [1.165, 1.54) is 13.8 Å². The van der Waals surface area contributed by atoms with Crippen molar-refractivity contribution in [3.63, 3.8) is 0 Å². The van der Waals surface area contributed by atoms with Crippen molar-refractivity contribution in [2.75, 3.05) is 13.1 Å². The van der Waals surface area contributed by atoms with Crippen molar-refractivity contribution in [3.05, 3.63) is 17.0 Å². The summed E-state index contributed by atoms with van der Waals surface area (Å²) in [4.78, 5) is 13.4. The van der Waals surface area contributed by atoms with Crippen LogP contribution in [0.4, 0.5) is 0 Å². The van der Waals surface area contributed by atoms with E-state index in [9.17, 15) is 23.4 Å². The Balaban J connectivity index is 2.48. The van der Waals surface area contributed by atoms with Crippen molar-refractivity contribution in [1.82, 2.24) is 9.29 Å². The van der Waals surface area contributed by atoms with Gasteiger partial charge in [0, 0.05) is 24.3 Å². The van der Waals surface area contributed by atoms with Gasteiger partial charge in [0.25, 0.3) is 0 Å². The summed E-state index contributed by atoms with van der Waals surface area (Å²) in [6.45, 7) is 2.45. The van der Waals surface area contributed by atoms with Crippen LogP contribution in [0, 0.1) is 13.8 Å². The number of aromatic amines is 1. The summed E-state index contributed by atoms with van der Waals surface area (Å²) in [7, 11) is -3.96. The fraction of sp³-hybridized carbons (Fsp3) is 0.545. The van der Waals surface area contributed by atoms with Crippen molar-refractivity contribution >= 4 is 16.0 Å². The van der Waals surface area contributed by atoms with E-state index in [1.54, 1.807) is 0 Å². The van der Waals surface area contributed by atoms with Crippen LogP contribution in [0.25, 0.3) is 0 Å². The third-order valence-corrected chi connectivity index (χ3v) is 5.51. The Morgan fingerprint density at radius 1 is 1.25 bits per heavy atom. The molecule has 0 amide bonds. The second kappa shape index (κ2) is 4.85. The van der Waals surface area contributed by atoms with E-state index in [0.717, 1.165) is 4.31 Å². The number of carbonyl (C=O) groups is 1. The maximum Gasteiger partial charge on any atom is 0.352 e. The highest BCUT2D eigenvalue weighted by atomic mass is 32.2. The zero-order chi connectivity index (χ0) is 15.2. The van der Waals surface area contributed by atoms with Crippen LogP contribution in [0.1, 0.15) is 21.7 Å². The minimum absolute atomic E-state index is 0.115. The first kappa shape index (κ1) is 15.0. The molecule has 20 heavy (non-hydrogen) atoms. The van der Waals surface area contributed by atoms with Crippen molar-refractivity contribution in [2.45, 2.75) is 31.0 Å². The number of aliphatic hydroxyl groups is 2. The van der Waals surface area contributed by atoms with Crippen LogP contribution in [0.2, 0.25) is 0 Å². The number of aryl methyl sites for hydroxylation is 1. The number of aromatic nitrogens is 1. The number of aliphatic hydroxyl groups excluding tert-OH is 2. The highest BCUT2D eigenvalue weighted by Gasteiger charge is 2.40. The molecule has 2 heterocycles. The highest BCUT2D eigenvalue weighted by Crippen LogP contribution is 2.28. The monoisotopic (exact) mass is 304 g/mol. The van der Waals surface area contributed by atoms with Gasteiger partial charge in [-0.15, -0.1) is 0 Å². The Bertz CT molecular complexity index is 640. The number of hydrogen-bond donors (Lipinski definition) is 4. The second-order valence-electron chi connectivity index (χ2n) is 4.84. The predicted octanol–water partition coefficient (Wildman–Crippen LogP) is -0.944. The zero-order valence-electron chi connectivity index (χ0n) is 11.0. The van der Waals surface area contributed by atoms with Crippen LogP contribution in [-0.2, 0) is 10.0 Å². The molecule has 1 aliphatic heterocycles. The molecular weight excluding hydrogens is 288 g/mol.